The normalized spacial score (nSPS) is 20.0. The summed E-state index contributed by atoms with van der Waals surface area (Å²) in [5.41, 5.74) is 1.27. The van der Waals surface area contributed by atoms with E-state index >= 15 is 0 Å². The van der Waals surface area contributed by atoms with E-state index in [9.17, 15) is 4.79 Å². The van der Waals surface area contributed by atoms with E-state index in [0.29, 0.717) is 0 Å². The molecule has 1 aliphatic rings. The Morgan fingerprint density at radius 3 is 2.65 bits per heavy atom. The van der Waals surface area contributed by atoms with Gasteiger partial charge in [-0.05, 0) is 31.2 Å². The zero-order valence-corrected chi connectivity index (χ0v) is 11.1. The lowest BCUT2D eigenvalue weighted by molar-refractivity contribution is -0.126. The summed E-state index contributed by atoms with van der Waals surface area (Å²) >= 11 is 1.68. The molecule has 0 aliphatic carbocycles. The maximum Gasteiger partial charge on any atom is 0.235 e. The SMILES string of the molecule is CNCc1ccc(SC2CCN(C)C2=O)cc1. The Labute approximate surface area is 107 Å². The molecule has 0 bridgehead atoms. The fraction of sp³-hybridized carbons (Fsp3) is 0.462. The van der Waals surface area contributed by atoms with Crippen LogP contribution in [0.1, 0.15) is 12.0 Å². The van der Waals surface area contributed by atoms with Crippen molar-refractivity contribution in [2.45, 2.75) is 23.1 Å². The zero-order valence-electron chi connectivity index (χ0n) is 10.3. The molecule has 1 heterocycles. The first-order valence-corrected chi connectivity index (χ1v) is 6.74. The predicted octanol–water partition coefficient (Wildman–Crippen LogP) is 1.73. The number of carbonyl (C=O) groups excluding carboxylic acids is 1. The molecule has 1 aromatic rings. The molecule has 0 spiro atoms. The summed E-state index contributed by atoms with van der Waals surface area (Å²) in [6.45, 7) is 1.77. The molecule has 3 nitrogen and oxygen atoms in total. The van der Waals surface area contributed by atoms with E-state index in [4.69, 9.17) is 0 Å². The molecule has 92 valence electrons. The number of nitrogens with one attached hydrogen (secondary N) is 1. The van der Waals surface area contributed by atoms with Crippen LogP contribution in [0.3, 0.4) is 0 Å². The number of likely N-dealkylation sites (tertiary alicyclic amines) is 1. The van der Waals surface area contributed by atoms with E-state index in [2.05, 4.69) is 29.6 Å². The van der Waals surface area contributed by atoms with E-state index in [1.807, 2.05) is 19.0 Å². The van der Waals surface area contributed by atoms with Crippen molar-refractivity contribution in [3.05, 3.63) is 29.8 Å². The van der Waals surface area contributed by atoms with Crippen LogP contribution in [0.4, 0.5) is 0 Å². The Balaban J connectivity index is 1.97. The number of rotatable bonds is 4. The van der Waals surface area contributed by atoms with Crippen molar-refractivity contribution >= 4 is 17.7 Å². The predicted molar refractivity (Wildman–Crippen MR) is 71.1 cm³/mol. The minimum Gasteiger partial charge on any atom is -0.345 e. The molecular formula is C13H18N2OS. The van der Waals surface area contributed by atoms with E-state index < -0.39 is 0 Å². The van der Waals surface area contributed by atoms with Gasteiger partial charge in [0, 0.05) is 25.0 Å². The highest BCUT2D eigenvalue weighted by Gasteiger charge is 2.29. The summed E-state index contributed by atoms with van der Waals surface area (Å²) in [4.78, 5) is 14.8. The number of amides is 1. The fourth-order valence-corrected chi connectivity index (χ4v) is 3.08. The van der Waals surface area contributed by atoms with E-state index in [1.54, 1.807) is 11.8 Å². The molecule has 1 unspecified atom stereocenters. The summed E-state index contributed by atoms with van der Waals surface area (Å²) < 4.78 is 0. The molecule has 0 aromatic heterocycles. The molecule has 1 saturated heterocycles. The molecule has 1 N–H and O–H groups in total. The molecule has 1 aliphatic heterocycles. The minimum atomic E-state index is 0.107. The van der Waals surface area contributed by atoms with Crippen LogP contribution in [-0.2, 0) is 11.3 Å². The Bertz CT molecular complexity index is 391. The highest BCUT2D eigenvalue weighted by molar-refractivity contribution is 8.00. The van der Waals surface area contributed by atoms with Crippen molar-refractivity contribution in [2.24, 2.45) is 0 Å². The second-order valence-electron chi connectivity index (χ2n) is 4.33. The van der Waals surface area contributed by atoms with Crippen LogP contribution in [0.5, 0.6) is 0 Å². The molecule has 1 aromatic carbocycles. The summed E-state index contributed by atoms with van der Waals surface area (Å²) in [7, 11) is 3.81. The van der Waals surface area contributed by atoms with Crippen LogP contribution in [0.25, 0.3) is 0 Å². The van der Waals surface area contributed by atoms with Gasteiger partial charge in [-0.25, -0.2) is 0 Å². The van der Waals surface area contributed by atoms with E-state index in [-0.39, 0.29) is 11.2 Å². The van der Waals surface area contributed by atoms with Crippen LogP contribution in [-0.4, -0.2) is 36.7 Å². The van der Waals surface area contributed by atoms with Gasteiger partial charge in [-0.3, -0.25) is 4.79 Å². The average molecular weight is 250 g/mol. The first kappa shape index (κ1) is 12.5. The third-order valence-corrected chi connectivity index (χ3v) is 4.23. The minimum absolute atomic E-state index is 0.107. The third-order valence-electron chi connectivity index (χ3n) is 2.96. The van der Waals surface area contributed by atoms with Crippen molar-refractivity contribution in [2.75, 3.05) is 20.6 Å². The molecule has 1 atom stereocenters. The average Bonchev–Trinajstić information content (AvgIpc) is 2.64. The van der Waals surface area contributed by atoms with Crippen molar-refractivity contribution in [1.29, 1.82) is 0 Å². The molecule has 4 heteroatoms. The lowest BCUT2D eigenvalue weighted by Crippen LogP contribution is -2.23. The fourth-order valence-electron chi connectivity index (χ4n) is 1.95. The molecule has 0 radical (unpaired) electrons. The largest absolute Gasteiger partial charge is 0.345 e. The molecule has 1 amide bonds. The smallest absolute Gasteiger partial charge is 0.235 e. The first-order valence-electron chi connectivity index (χ1n) is 5.86. The molecular weight excluding hydrogens is 232 g/mol. The van der Waals surface area contributed by atoms with Crippen molar-refractivity contribution in [1.82, 2.24) is 10.2 Å². The van der Waals surface area contributed by atoms with Crippen LogP contribution in [0.2, 0.25) is 0 Å². The van der Waals surface area contributed by atoms with Crippen LogP contribution in [0.15, 0.2) is 29.2 Å². The van der Waals surface area contributed by atoms with Gasteiger partial charge in [0.2, 0.25) is 5.91 Å². The molecule has 17 heavy (non-hydrogen) atoms. The lowest BCUT2D eigenvalue weighted by atomic mass is 10.2. The van der Waals surface area contributed by atoms with Gasteiger partial charge in [0.15, 0.2) is 0 Å². The molecule has 0 saturated carbocycles. The Morgan fingerprint density at radius 1 is 1.41 bits per heavy atom. The standard InChI is InChI=1S/C13H18N2OS/c1-14-9-10-3-5-11(6-4-10)17-12-7-8-15(2)13(12)16/h3-6,12,14H,7-9H2,1-2H3. The highest BCUT2D eigenvalue weighted by atomic mass is 32.2. The van der Waals surface area contributed by atoms with Crippen molar-refractivity contribution < 1.29 is 4.79 Å². The van der Waals surface area contributed by atoms with Gasteiger partial charge in [0.05, 0.1) is 5.25 Å². The molecule has 1 fully saturated rings. The first-order chi connectivity index (χ1) is 8.20. The van der Waals surface area contributed by atoms with E-state index in [0.717, 1.165) is 19.5 Å². The Kier molecular flexibility index (Phi) is 4.07. The number of hydrogen-bond donors (Lipinski definition) is 1. The van der Waals surface area contributed by atoms with Crippen molar-refractivity contribution in [3.8, 4) is 0 Å². The molecule has 2 rings (SSSR count). The number of thioether (sulfide) groups is 1. The van der Waals surface area contributed by atoms with Gasteiger partial charge in [0.25, 0.3) is 0 Å². The maximum absolute atomic E-state index is 11.8. The van der Waals surface area contributed by atoms with Gasteiger partial charge in [-0.1, -0.05) is 12.1 Å². The Morgan fingerprint density at radius 2 is 2.12 bits per heavy atom. The van der Waals surface area contributed by atoms with Crippen molar-refractivity contribution in [3.63, 3.8) is 0 Å². The van der Waals surface area contributed by atoms with Crippen LogP contribution < -0.4 is 5.32 Å². The van der Waals surface area contributed by atoms with Gasteiger partial charge in [0.1, 0.15) is 0 Å². The van der Waals surface area contributed by atoms with Gasteiger partial charge < -0.3 is 10.2 Å². The Hall–Kier alpha value is -1.00. The number of nitrogens with zero attached hydrogens (tertiary/aromatic N) is 1. The monoisotopic (exact) mass is 250 g/mol. The maximum atomic E-state index is 11.8. The summed E-state index contributed by atoms with van der Waals surface area (Å²) in [6.07, 6.45) is 0.957. The topological polar surface area (TPSA) is 32.3 Å². The van der Waals surface area contributed by atoms with E-state index in [1.165, 1.54) is 10.5 Å². The van der Waals surface area contributed by atoms with Crippen LogP contribution in [0, 0.1) is 0 Å². The van der Waals surface area contributed by atoms with Gasteiger partial charge in [-0.15, -0.1) is 11.8 Å². The summed E-state index contributed by atoms with van der Waals surface area (Å²) in [5, 5.41) is 3.23. The number of carbonyl (C=O) groups is 1. The van der Waals surface area contributed by atoms with Crippen LogP contribution >= 0.6 is 11.8 Å². The van der Waals surface area contributed by atoms with Gasteiger partial charge in [-0.2, -0.15) is 0 Å². The second kappa shape index (κ2) is 5.56. The third kappa shape index (κ3) is 3.01. The summed E-state index contributed by atoms with van der Waals surface area (Å²) in [5.74, 6) is 0.259. The highest BCUT2D eigenvalue weighted by Crippen LogP contribution is 2.30. The zero-order chi connectivity index (χ0) is 12.3. The quantitative estimate of drug-likeness (QED) is 0.883. The lowest BCUT2D eigenvalue weighted by Gasteiger charge is -2.10. The van der Waals surface area contributed by atoms with Gasteiger partial charge >= 0.3 is 0 Å². The summed E-state index contributed by atoms with van der Waals surface area (Å²) in [6, 6.07) is 8.43. The number of benzene rings is 1. The number of hydrogen-bond acceptors (Lipinski definition) is 3. The second-order valence-corrected chi connectivity index (χ2v) is 5.61.